The van der Waals surface area contributed by atoms with Crippen molar-refractivity contribution < 1.29 is 0 Å². The van der Waals surface area contributed by atoms with Gasteiger partial charge in [0.15, 0.2) is 0 Å². The van der Waals surface area contributed by atoms with Crippen molar-refractivity contribution in [1.29, 1.82) is 0 Å². The SMILES string of the molecule is CCCNc1cc(Cl)ccc1C. The highest BCUT2D eigenvalue weighted by molar-refractivity contribution is 6.30. The Kier molecular flexibility index (Phi) is 3.42. The van der Waals surface area contributed by atoms with Crippen LogP contribution < -0.4 is 5.32 Å². The molecule has 0 amide bonds. The van der Waals surface area contributed by atoms with Crippen molar-refractivity contribution >= 4 is 17.3 Å². The third-order valence-electron chi connectivity index (χ3n) is 1.77. The average Bonchev–Trinajstić information content (AvgIpc) is 2.07. The van der Waals surface area contributed by atoms with Crippen LogP contribution in [0.2, 0.25) is 5.02 Å². The van der Waals surface area contributed by atoms with Crippen LogP contribution in [0.3, 0.4) is 0 Å². The van der Waals surface area contributed by atoms with E-state index in [1.54, 1.807) is 0 Å². The van der Waals surface area contributed by atoms with E-state index in [2.05, 4.69) is 19.2 Å². The van der Waals surface area contributed by atoms with Gasteiger partial charge >= 0.3 is 0 Å². The number of anilines is 1. The molecule has 0 unspecified atom stereocenters. The number of benzene rings is 1. The molecule has 1 nitrogen and oxygen atoms in total. The number of hydrogen-bond acceptors (Lipinski definition) is 1. The summed E-state index contributed by atoms with van der Waals surface area (Å²) in [5.74, 6) is 0. The van der Waals surface area contributed by atoms with Gasteiger partial charge in [0.25, 0.3) is 0 Å². The lowest BCUT2D eigenvalue weighted by atomic mass is 10.2. The van der Waals surface area contributed by atoms with Gasteiger partial charge in [-0.25, -0.2) is 0 Å². The van der Waals surface area contributed by atoms with Crippen LogP contribution in [-0.4, -0.2) is 6.54 Å². The maximum absolute atomic E-state index is 5.86. The molecule has 1 aromatic carbocycles. The predicted molar refractivity (Wildman–Crippen MR) is 55.0 cm³/mol. The lowest BCUT2D eigenvalue weighted by Gasteiger charge is -2.08. The third-order valence-corrected chi connectivity index (χ3v) is 2.00. The molecule has 0 fully saturated rings. The van der Waals surface area contributed by atoms with Gasteiger partial charge in [0.1, 0.15) is 0 Å². The summed E-state index contributed by atoms with van der Waals surface area (Å²) in [6.45, 7) is 5.22. The highest BCUT2D eigenvalue weighted by atomic mass is 35.5. The van der Waals surface area contributed by atoms with Gasteiger partial charge in [-0.15, -0.1) is 0 Å². The molecule has 2 heteroatoms. The van der Waals surface area contributed by atoms with Gasteiger partial charge in [0.2, 0.25) is 0 Å². The summed E-state index contributed by atoms with van der Waals surface area (Å²) >= 11 is 5.86. The molecular weight excluding hydrogens is 170 g/mol. The molecule has 0 aliphatic rings. The van der Waals surface area contributed by atoms with Gasteiger partial charge in [-0.1, -0.05) is 24.6 Å². The normalized spacial score (nSPS) is 9.92. The summed E-state index contributed by atoms with van der Waals surface area (Å²) in [7, 11) is 0. The van der Waals surface area contributed by atoms with E-state index in [4.69, 9.17) is 11.6 Å². The summed E-state index contributed by atoms with van der Waals surface area (Å²) in [6, 6.07) is 5.90. The van der Waals surface area contributed by atoms with Crippen molar-refractivity contribution in [3.05, 3.63) is 28.8 Å². The number of aryl methyl sites for hydroxylation is 1. The minimum atomic E-state index is 0.791. The first-order chi connectivity index (χ1) is 5.74. The molecule has 0 saturated heterocycles. The van der Waals surface area contributed by atoms with E-state index < -0.39 is 0 Å². The molecule has 1 N–H and O–H groups in total. The molecule has 0 aliphatic heterocycles. The molecule has 0 saturated carbocycles. The van der Waals surface area contributed by atoms with Gasteiger partial charge in [-0.2, -0.15) is 0 Å². The van der Waals surface area contributed by atoms with Crippen LogP contribution >= 0.6 is 11.6 Å². The van der Waals surface area contributed by atoms with Crippen molar-refractivity contribution in [3.8, 4) is 0 Å². The lowest BCUT2D eigenvalue weighted by Crippen LogP contribution is -2.00. The van der Waals surface area contributed by atoms with E-state index in [1.807, 2.05) is 18.2 Å². The zero-order valence-corrected chi connectivity index (χ0v) is 8.28. The summed E-state index contributed by atoms with van der Waals surface area (Å²) in [4.78, 5) is 0. The molecule has 1 aromatic rings. The molecule has 0 spiro atoms. The molecule has 0 heterocycles. The van der Waals surface area contributed by atoms with Crippen LogP contribution in [0.25, 0.3) is 0 Å². The maximum Gasteiger partial charge on any atom is 0.0426 e. The number of nitrogens with one attached hydrogen (secondary N) is 1. The molecule has 1 rings (SSSR count). The Bertz CT molecular complexity index is 258. The molecule has 0 aromatic heterocycles. The first kappa shape index (κ1) is 9.40. The number of hydrogen-bond donors (Lipinski definition) is 1. The van der Waals surface area contributed by atoms with E-state index >= 15 is 0 Å². The Labute approximate surface area is 78.7 Å². The van der Waals surface area contributed by atoms with E-state index in [1.165, 1.54) is 5.56 Å². The van der Waals surface area contributed by atoms with Crippen LogP contribution in [0.15, 0.2) is 18.2 Å². The fraction of sp³-hybridized carbons (Fsp3) is 0.400. The van der Waals surface area contributed by atoms with Crippen molar-refractivity contribution in [3.63, 3.8) is 0 Å². The fourth-order valence-corrected chi connectivity index (χ4v) is 1.22. The molecule has 0 atom stereocenters. The maximum atomic E-state index is 5.86. The first-order valence-electron chi connectivity index (χ1n) is 4.24. The van der Waals surface area contributed by atoms with Crippen molar-refractivity contribution in [1.82, 2.24) is 0 Å². The topological polar surface area (TPSA) is 12.0 Å². The van der Waals surface area contributed by atoms with Gasteiger partial charge in [0.05, 0.1) is 0 Å². The highest BCUT2D eigenvalue weighted by Crippen LogP contribution is 2.19. The Hall–Kier alpha value is -0.690. The Morgan fingerprint density at radius 2 is 2.17 bits per heavy atom. The van der Waals surface area contributed by atoms with Crippen LogP contribution in [-0.2, 0) is 0 Å². The lowest BCUT2D eigenvalue weighted by molar-refractivity contribution is 0.977. The van der Waals surface area contributed by atoms with E-state index in [-0.39, 0.29) is 0 Å². The second-order valence-electron chi connectivity index (χ2n) is 2.89. The standard InChI is InChI=1S/C10H14ClN/c1-3-6-12-10-7-9(11)5-4-8(10)2/h4-5,7,12H,3,6H2,1-2H3. The minimum absolute atomic E-state index is 0.791. The summed E-state index contributed by atoms with van der Waals surface area (Å²) in [5.41, 5.74) is 2.39. The van der Waals surface area contributed by atoms with E-state index in [0.717, 1.165) is 23.7 Å². The molecule has 0 bridgehead atoms. The molecule has 0 aliphatic carbocycles. The van der Waals surface area contributed by atoms with Crippen LogP contribution in [0.4, 0.5) is 5.69 Å². The fourth-order valence-electron chi connectivity index (χ4n) is 1.04. The third kappa shape index (κ3) is 2.42. The summed E-state index contributed by atoms with van der Waals surface area (Å²) < 4.78 is 0. The molecule has 0 radical (unpaired) electrons. The number of halogens is 1. The van der Waals surface area contributed by atoms with Crippen LogP contribution in [0, 0.1) is 6.92 Å². The Morgan fingerprint density at radius 3 is 2.83 bits per heavy atom. The van der Waals surface area contributed by atoms with Crippen molar-refractivity contribution in [2.75, 3.05) is 11.9 Å². The average molecular weight is 184 g/mol. The molecular formula is C10H14ClN. The van der Waals surface area contributed by atoms with Gasteiger partial charge in [-0.3, -0.25) is 0 Å². The quantitative estimate of drug-likeness (QED) is 0.757. The first-order valence-corrected chi connectivity index (χ1v) is 4.62. The Balaban J connectivity index is 2.75. The van der Waals surface area contributed by atoms with E-state index in [9.17, 15) is 0 Å². The van der Waals surface area contributed by atoms with Gasteiger partial charge in [-0.05, 0) is 31.0 Å². The predicted octanol–water partition coefficient (Wildman–Crippen LogP) is 3.47. The highest BCUT2D eigenvalue weighted by Gasteiger charge is 1.96. The zero-order chi connectivity index (χ0) is 8.97. The smallest absolute Gasteiger partial charge is 0.0426 e. The van der Waals surface area contributed by atoms with Crippen molar-refractivity contribution in [2.45, 2.75) is 20.3 Å². The second kappa shape index (κ2) is 4.36. The monoisotopic (exact) mass is 183 g/mol. The minimum Gasteiger partial charge on any atom is -0.385 e. The second-order valence-corrected chi connectivity index (χ2v) is 3.32. The molecule has 66 valence electrons. The zero-order valence-electron chi connectivity index (χ0n) is 7.52. The Morgan fingerprint density at radius 1 is 1.42 bits per heavy atom. The molecule has 12 heavy (non-hydrogen) atoms. The van der Waals surface area contributed by atoms with Gasteiger partial charge < -0.3 is 5.32 Å². The summed E-state index contributed by atoms with van der Waals surface area (Å²) in [6.07, 6.45) is 1.13. The van der Waals surface area contributed by atoms with Gasteiger partial charge in [0, 0.05) is 17.3 Å². The van der Waals surface area contributed by atoms with Crippen LogP contribution in [0.5, 0.6) is 0 Å². The largest absolute Gasteiger partial charge is 0.385 e. The van der Waals surface area contributed by atoms with Crippen LogP contribution in [0.1, 0.15) is 18.9 Å². The van der Waals surface area contributed by atoms with Crippen molar-refractivity contribution in [2.24, 2.45) is 0 Å². The summed E-state index contributed by atoms with van der Waals surface area (Å²) in [5, 5.41) is 4.11. The van der Waals surface area contributed by atoms with E-state index in [0.29, 0.717) is 0 Å². The number of rotatable bonds is 3.